The molecule has 1 aliphatic rings. The Morgan fingerprint density at radius 1 is 1.14 bits per heavy atom. The zero-order valence-corrected chi connectivity index (χ0v) is 14.9. The standard InChI is InChI=1S/C20H17N5O3/c26-18-8-14(12-24-16-5-1-2-6-17(16)28-20(24)27)15-10-22-25(19(15)23-18)11-13-4-3-7-21-9-13/h1-7,9-10,14H,8,11-12H2,(H,23,26)/t14-/m0/s1. The molecule has 3 aromatic heterocycles. The van der Waals surface area contributed by atoms with Crippen molar-refractivity contribution >= 4 is 22.8 Å². The van der Waals surface area contributed by atoms with E-state index in [1.54, 1.807) is 33.9 Å². The largest absolute Gasteiger partial charge is 0.419 e. The molecule has 1 atom stereocenters. The van der Waals surface area contributed by atoms with E-state index in [1.165, 1.54) is 0 Å². The van der Waals surface area contributed by atoms with Crippen molar-refractivity contribution in [3.8, 4) is 0 Å². The Labute approximate surface area is 159 Å². The molecule has 8 nitrogen and oxygen atoms in total. The zero-order valence-electron chi connectivity index (χ0n) is 14.9. The predicted molar refractivity (Wildman–Crippen MR) is 102 cm³/mol. The van der Waals surface area contributed by atoms with Crippen LogP contribution in [0.3, 0.4) is 0 Å². The molecule has 0 fully saturated rings. The average molecular weight is 375 g/mol. The molecular weight excluding hydrogens is 358 g/mol. The van der Waals surface area contributed by atoms with E-state index >= 15 is 0 Å². The third kappa shape index (κ3) is 2.79. The van der Waals surface area contributed by atoms with Crippen molar-refractivity contribution in [2.24, 2.45) is 0 Å². The van der Waals surface area contributed by atoms with Gasteiger partial charge in [-0.2, -0.15) is 5.10 Å². The van der Waals surface area contributed by atoms with Gasteiger partial charge in [0.2, 0.25) is 5.91 Å². The number of hydrogen-bond donors (Lipinski definition) is 1. The van der Waals surface area contributed by atoms with Crippen molar-refractivity contribution in [1.29, 1.82) is 0 Å². The quantitative estimate of drug-likeness (QED) is 0.591. The van der Waals surface area contributed by atoms with E-state index in [0.29, 0.717) is 24.5 Å². The van der Waals surface area contributed by atoms with Gasteiger partial charge in [-0.25, -0.2) is 9.48 Å². The van der Waals surface area contributed by atoms with Gasteiger partial charge in [-0.15, -0.1) is 0 Å². The highest BCUT2D eigenvalue weighted by atomic mass is 16.4. The predicted octanol–water partition coefficient (Wildman–Crippen LogP) is 2.36. The number of carbonyl (C=O) groups is 1. The van der Waals surface area contributed by atoms with Gasteiger partial charge in [0.15, 0.2) is 5.58 Å². The van der Waals surface area contributed by atoms with Crippen molar-refractivity contribution in [1.82, 2.24) is 19.3 Å². The summed E-state index contributed by atoms with van der Waals surface area (Å²) in [6.45, 7) is 0.861. The first-order chi connectivity index (χ1) is 13.7. The molecule has 5 rings (SSSR count). The number of pyridine rings is 1. The SMILES string of the molecule is O=C1C[C@@H](Cn2c(=O)oc3ccccc32)c2cnn(Cc3cccnc3)c2N1. The Morgan fingerprint density at radius 2 is 2.04 bits per heavy atom. The number of anilines is 1. The lowest BCUT2D eigenvalue weighted by atomic mass is 9.94. The fourth-order valence-electron chi connectivity index (χ4n) is 3.71. The van der Waals surface area contributed by atoms with Gasteiger partial charge in [0, 0.05) is 36.8 Å². The van der Waals surface area contributed by atoms with Crippen LogP contribution in [0, 0.1) is 0 Å². The summed E-state index contributed by atoms with van der Waals surface area (Å²) in [6, 6.07) is 11.1. The Hall–Kier alpha value is -3.68. The Bertz CT molecular complexity index is 1220. The van der Waals surface area contributed by atoms with Gasteiger partial charge in [0.1, 0.15) is 5.82 Å². The van der Waals surface area contributed by atoms with Gasteiger partial charge < -0.3 is 9.73 Å². The number of benzene rings is 1. The Kier molecular flexibility index (Phi) is 3.82. The number of aromatic nitrogens is 4. The average Bonchev–Trinajstić information content (AvgIpc) is 3.24. The summed E-state index contributed by atoms with van der Waals surface area (Å²) >= 11 is 0. The van der Waals surface area contributed by atoms with E-state index in [9.17, 15) is 9.59 Å². The minimum atomic E-state index is -0.420. The maximum Gasteiger partial charge on any atom is 0.419 e. The molecule has 8 heteroatoms. The third-order valence-corrected chi connectivity index (χ3v) is 5.03. The third-order valence-electron chi connectivity index (χ3n) is 5.03. The fourth-order valence-corrected chi connectivity index (χ4v) is 3.71. The number of hydrogen-bond acceptors (Lipinski definition) is 5. The Balaban J connectivity index is 1.50. The molecule has 0 spiro atoms. The van der Waals surface area contributed by atoms with Gasteiger partial charge in [-0.05, 0) is 23.8 Å². The summed E-state index contributed by atoms with van der Waals surface area (Å²) in [5.41, 5.74) is 3.17. The lowest BCUT2D eigenvalue weighted by Gasteiger charge is -2.23. The maximum atomic E-state index is 12.3. The molecule has 4 heterocycles. The van der Waals surface area contributed by atoms with E-state index in [4.69, 9.17) is 4.42 Å². The van der Waals surface area contributed by atoms with E-state index in [2.05, 4.69) is 15.4 Å². The second-order valence-electron chi connectivity index (χ2n) is 6.86. The normalized spacial score (nSPS) is 16.1. The van der Waals surface area contributed by atoms with Gasteiger partial charge in [-0.3, -0.25) is 14.3 Å². The number of nitrogens with one attached hydrogen (secondary N) is 1. The smallest absolute Gasteiger partial charge is 0.408 e. The first kappa shape index (κ1) is 16.5. The van der Waals surface area contributed by atoms with Crippen LogP contribution in [0.2, 0.25) is 0 Å². The minimum Gasteiger partial charge on any atom is -0.408 e. The molecule has 1 aliphatic heterocycles. The van der Waals surface area contributed by atoms with E-state index in [1.807, 2.05) is 30.3 Å². The summed E-state index contributed by atoms with van der Waals surface area (Å²) in [6.07, 6.45) is 5.54. The molecular formula is C20H17N5O3. The molecule has 28 heavy (non-hydrogen) atoms. The van der Waals surface area contributed by atoms with Crippen LogP contribution in [0.4, 0.5) is 5.82 Å². The molecule has 0 saturated heterocycles. The second-order valence-corrected chi connectivity index (χ2v) is 6.86. The molecule has 0 radical (unpaired) electrons. The van der Waals surface area contributed by atoms with Crippen molar-refractivity contribution in [2.45, 2.75) is 25.4 Å². The zero-order chi connectivity index (χ0) is 19.1. The molecule has 140 valence electrons. The van der Waals surface area contributed by atoms with Crippen LogP contribution in [-0.4, -0.2) is 25.2 Å². The van der Waals surface area contributed by atoms with Crippen LogP contribution >= 0.6 is 0 Å². The van der Waals surface area contributed by atoms with Gasteiger partial charge in [0.05, 0.1) is 18.3 Å². The number of fused-ring (bicyclic) bond motifs is 2. The number of amides is 1. The number of rotatable bonds is 4. The first-order valence-electron chi connectivity index (χ1n) is 9.02. The van der Waals surface area contributed by atoms with Crippen molar-refractivity contribution < 1.29 is 9.21 Å². The highest BCUT2D eigenvalue weighted by molar-refractivity contribution is 5.93. The first-order valence-corrected chi connectivity index (χ1v) is 9.02. The summed E-state index contributed by atoms with van der Waals surface area (Å²) in [5, 5.41) is 7.38. The van der Waals surface area contributed by atoms with E-state index in [0.717, 1.165) is 16.6 Å². The fraction of sp³-hybridized carbons (Fsp3) is 0.200. The van der Waals surface area contributed by atoms with E-state index < -0.39 is 5.76 Å². The molecule has 0 aliphatic carbocycles. The molecule has 1 N–H and O–H groups in total. The van der Waals surface area contributed by atoms with Crippen LogP contribution in [0.5, 0.6) is 0 Å². The highest BCUT2D eigenvalue weighted by Gasteiger charge is 2.30. The maximum absolute atomic E-state index is 12.3. The molecule has 1 amide bonds. The molecule has 4 aromatic rings. The van der Waals surface area contributed by atoms with Crippen molar-refractivity contribution in [2.75, 3.05) is 5.32 Å². The van der Waals surface area contributed by atoms with Crippen LogP contribution in [0.25, 0.3) is 11.1 Å². The second kappa shape index (κ2) is 6.49. The van der Waals surface area contributed by atoms with Crippen LogP contribution in [-0.2, 0) is 17.9 Å². The van der Waals surface area contributed by atoms with Crippen molar-refractivity contribution in [3.05, 3.63) is 76.7 Å². The van der Waals surface area contributed by atoms with Gasteiger partial charge in [0.25, 0.3) is 0 Å². The Morgan fingerprint density at radius 3 is 2.89 bits per heavy atom. The minimum absolute atomic E-state index is 0.0914. The lowest BCUT2D eigenvalue weighted by Crippen LogP contribution is -2.28. The molecule has 0 bridgehead atoms. The number of para-hydroxylation sites is 2. The number of nitrogens with zero attached hydrogens (tertiary/aromatic N) is 4. The van der Waals surface area contributed by atoms with E-state index in [-0.39, 0.29) is 18.2 Å². The van der Waals surface area contributed by atoms with Crippen LogP contribution in [0.1, 0.15) is 23.5 Å². The van der Waals surface area contributed by atoms with Gasteiger partial charge >= 0.3 is 5.76 Å². The number of oxazole rings is 1. The van der Waals surface area contributed by atoms with Crippen molar-refractivity contribution in [3.63, 3.8) is 0 Å². The molecule has 1 aromatic carbocycles. The van der Waals surface area contributed by atoms with Crippen LogP contribution < -0.4 is 11.1 Å². The summed E-state index contributed by atoms with van der Waals surface area (Å²) in [5.74, 6) is -0.00109. The molecule has 0 unspecified atom stereocenters. The van der Waals surface area contributed by atoms with Crippen LogP contribution in [0.15, 0.2) is 64.2 Å². The molecule has 0 saturated carbocycles. The number of carbonyl (C=O) groups excluding carboxylic acids is 1. The lowest BCUT2D eigenvalue weighted by molar-refractivity contribution is -0.117. The summed E-state index contributed by atoms with van der Waals surface area (Å²) < 4.78 is 8.66. The highest BCUT2D eigenvalue weighted by Crippen LogP contribution is 2.34. The monoisotopic (exact) mass is 375 g/mol. The van der Waals surface area contributed by atoms with Gasteiger partial charge in [-0.1, -0.05) is 18.2 Å². The topological polar surface area (TPSA) is 95.0 Å². The summed E-state index contributed by atoms with van der Waals surface area (Å²) in [4.78, 5) is 28.8. The summed E-state index contributed by atoms with van der Waals surface area (Å²) in [7, 11) is 0.